The molecule has 0 spiro atoms. The number of aliphatic hydroxyl groups excluding tert-OH is 1. The zero-order valence-electron chi connectivity index (χ0n) is 7.75. The van der Waals surface area contributed by atoms with Gasteiger partial charge in [-0.3, -0.25) is 0 Å². The third-order valence-corrected chi connectivity index (χ3v) is 2.57. The van der Waals surface area contributed by atoms with Gasteiger partial charge in [-0.25, -0.2) is 0 Å². The van der Waals surface area contributed by atoms with Crippen molar-refractivity contribution in [1.29, 1.82) is 0 Å². The largest absolute Gasteiger partial charge is 0.496 e. The molecular weight excluding hydrogens is 232 g/mol. The van der Waals surface area contributed by atoms with Gasteiger partial charge in [0.25, 0.3) is 0 Å². The molecule has 0 aliphatic heterocycles. The van der Waals surface area contributed by atoms with Crippen molar-refractivity contribution < 1.29 is 9.84 Å². The molecule has 0 aliphatic carbocycles. The Balaban J connectivity index is 2.95. The van der Waals surface area contributed by atoms with Crippen LogP contribution in [0, 0.1) is 0 Å². The first-order valence-electron chi connectivity index (χ1n) is 4.20. The molecule has 0 saturated carbocycles. The van der Waals surface area contributed by atoms with Gasteiger partial charge in [-0.15, -0.1) is 0 Å². The zero-order valence-corrected chi connectivity index (χ0v) is 9.34. The predicted molar refractivity (Wildman–Crippen MR) is 55.9 cm³/mol. The minimum atomic E-state index is -0.387. The molecule has 2 nitrogen and oxygen atoms in total. The SMILES string of the molecule is CCC(O)c1ccc(OC)c(Br)c1. The van der Waals surface area contributed by atoms with E-state index in [-0.39, 0.29) is 6.10 Å². The van der Waals surface area contributed by atoms with E-state index in [4.69, 9.17) is 4.74 Å². The summed E-state index contributed by atoms with van der Waals surface area (Å²) in [6.07, 6.45) is 0.334. The van der Waals surface area contributed by atoms with Gasteiger partial charge in [0.15, 0.2) is 0 Å². The highest BCUT2D eigenvalue weighted by atomic mass is 79.9. The van der Waals surface area contributed by atoms with Crippen molar-refractivity contribution in [3.63, 3.8) is 0 Å². The summed E-state index contributed by atoms with van der Waals surface area (Å²) in [4.78, 5) is 0. The van der Waals surface area contributed by atoms with Crippen LogP contribution in [0.4, 0.5) is 0 Å². The number of halogens is 1. The molecule has 1 aromatic carbocycles. The van der Waals surface area contributed by atoms with Crippen molar-refractivity contribution in [2.24, 2.45) is 0 Å². The maximum absolute atomic E-state index is 9.56. The lowest BCUT2D eigenvalue weighted by Gasteiger charge is -2.10. The monoisotopic (exact) mass is 244 g/mol. The normalized spacial score (nSPS) is 12.6. The Labute approximate surface area is 86.7 Å². The van der Waals surface area contributed by atoms with Crippen molar-refractivity contribution in [2.45, 2.75) is 19.4 Å². The molecule has 0 amide bonds. The van der Waals surface area contributed by atoms with Crippen LogP contribution in [0.5, 0.6) is 5.75 Å². The molecule has 0 bridgehead atoms. The van der Waals surface area contributed by atoms with E-state index in [0.717, 1.165) is 22.2 Å². The molecule has 0 fully saturated rings. The number of methoxy groups -OCH3 is 1. The Morgan fingerprint density at radius 2 is 2.23 bits per heavy atom. The van der Waals surface area contributed by atoms with Crippen molar-refractivity contribution in [1.82, 2.24) is 0 Å². The Morgan fingerprint density at radius 3 is 2.69 bits per heavy atom. The molecule has 1 aromatic rings. The van der Waals surface area contributed by atoms with Crippen LogP contribution in [0.2, 0.25) is 0 Å². The molecule has 1 rings (SSSR count). The molecule has 3 heteroatoms. The van der Waals surface area contributed by atoms with Gasteiger partial charge < -0.3 is 9.84 Å². The Bertz CT molecular complexity index is 286. The standard InChI is InChI=1S/C10H13BrO2/c1-3-9(12)7-4-5-10(13-2)8(11)6-7/h4-6,9,12H,3H2,1-2H3. The molecule has 0 radical (unpaired) electrons. The number of hydrogen-bond donors (Lipinski definition) is 1. The Kier molecular flexibility index (Phi) is 3.75. The molecule has 1 atom stereocenters. The number of ether oxygens (including phenoxy) is 1. The van der Waals surface area contributed by atoms with Crippen LogP contribution in [0.15, 0.2) is 22.7 Å². The van der Waals surface area contributed by atoms with Gasteiger partial charge in [-0.2, -0.15) is 0 Å². The van der Waals surface area contributed by atoms with E-state index >= 15 is 0 Å². The second-order valence-corrected chi connectivity index (χ2v) is 3.67. The fraction of sp³-hybridized carbons (Fsp3) is 0.400. The number of hydrogen-bond acceptors (Lipinski definition) is 2. The van der Waals surface area contributed by atoms with Gasteiger partial charge in [-0.1, -0.05) is 13.0 Å². The van der Waals surface area contributed by atoms with Crippen LogP contribution in [0.1, 0.15) is 25.0 Å². The quantitative estimate of drug-likeness (QED) is 0.887. The first-order valence-corrected chi connectivity index (χ1v) is 4.99. The second-order valence-electron chi connectivity index (χ2n) is 2.82. The van der Waals surface area contributed by atoms with Crippen LogP contribution in [-0.4, -0.2) is 12.2 Å². The Hall–Kier alpha value is -0.540. The van der Waals surface area contributed by atoms with Crippen LogP contribution < -0.4 is 4.74 Å². The fourth-order valence-electron chi connectivity index (χ4n) is 1.13. The maximum atomic E-state index is 9.56. The van der Waals surface area contributed by atoms with Gasteiger partial charge in [-0.05, 0) is 40.0 Å². The lowest BCUT2D eigenvalue weighted by atomic mass is 10.1. The Morgan fingerprint density at radius 1 is 1.54 bits per heavy atom. The summed E-state index contributed by atoms with van der Waals surface area (Å²) in [6.45, 7) is 1.95. The van der Waals surface area contributed by atoms with E-state index in [0.29, 0.717) is 0 Å². The highest BCUT2D eigenvalue weighted by Gasteiger charge is 2.07. The van der Waals surface area contributed by atoms with Crippen molar-refractivity contribution in [3.8, 4) is 5.75 Å². The topological polar surface area (TPSA) is 29.5 Å². The summed E-state index contributed by atoms with van der Waals surface area (Å²) in [7, 11) is 1.62. The van der Waals surface area contributed by atoms with Crippen molar-refractivity contribution in [3.05, 3.63) is 28.2 Å². The molecule has 0 aliphatic rings. The lowest BCUT2D eigenvalue weighted by Crippen LogP contribution is -1.95. The number of benzene rings is 1. The first kappa shape index (κ1) is 10.5. The van der Waals surface area contributed by atoms with Crippen LogP contribution in [0.25, 0.3) is 0 Å². The summed E-state index contributed by atoms with van der Waals surface area (Å²) >= 11 is 3.37. The van der Waals surface area contributed by atoms with E-state index in [2.05, 4.69) is 15.9 Å². The molecular formula is C10H13BrO2. The molecule has 13 heavy (non-hydrogen) atoms. The van der Waals surface area contributed by atoms with Crippen LogP contribution in [-0.2, 0) is 0 Å². The summed E-state index contributed by atoms with van der Waals surface area (Å²) in [6, 6.07) is 5.60. The van der Waals surface area contributed by atoms with Gasteiger partial charge in [0.2, 0.25) is 0 Å². The average molecular weight is 245 g/mol. The molecule has 1 N–H and O–H groups in total. The molecule has 72 valence electrons. The molecule has 0 saturated heterocycles. The third-order valence-electron chi connectivity index (χ3n) is 1.95. The second kappa shape index (κ2) is 4.63. The highest BCUT2D eigenvalue weighted by Crippen LogP contribution is 2.28. The van der Waals surface area contributed by atoms with E-state index in [1.807, 2.05) is 25.1 Å². The van der Waals surface area contributed by atoms with Gasteiger partial charge in [0, 0.05) is 0 Å². The molecule has 0 aromatic heterocycles. The smallest absolute Gasteiger partial charge is 0.133 e. The van der Waals surface area contributed by atoms with Crippen LogP contribution >= 0.6 is 15.9 Å². The first-order chi connectivity index (χ1) is 6.19. The summed E-state index contributed by atoms with van der Waals surface area (Å²) in [5.41, 5.74) is 0.912. The van der Waals surface area contributed by atoms with Gasteiger partial charge >= 0.3 is 0 Å². The minimum absolute atomic E-state index is 0.387. The van der Waals surface area contributed by atoms with Crippen LogP contribution in [0.3, 0.4) is 0 Å². The number of rotatable bonds is 3. The van der Waals surface area contributed by atoms with E-state index in [1.54, 1.807) is 7.11 Å². The summed E-state index contributed by atoms with van der Waals surface area (Å²) < 4.78 is 5.96. The van der Waals surface area contributed by atoms with Crippen molar-refractivity contribution >= 4 is 15.9 Å². The van der Waals surface area contributed by atoms with Gasteiger partial charge in [0.1, 0.15) is 5.75 Å². The fourth-order valence-corrected chi connectivity index (χ4v) is 1.68. The lowest BCUT2D eigenvalue weighted by molar-refractivity contribution is 0.173. The highest BCUT2D eigenvalue weighted by molar-refractivity contribution is 9.10. The summed E-state index contributed by atoms with van der Waals surface area (Å²) in [5, 5.41) is 9.56. The zero-order chi connectivity index (χ0) is 9.84. The van der Waals surface area contributed by atoms with Crippen molar-refractivity contribution in [2.75, 3.05) is 7.11 Å². The predicted octanol–water partition coefficient (Wildman–Crippen LogP) is 2.90. The summed E-state index contributed by atoms with van der Waals surface area (Å²) in [5.74, 6) is 0.784. The van der Waals surface area contributed by atoms with E-state index in [1.165, 1.54) is 0 Å². The molecule has 0 heterocycles. The molecule has 1 unspecified atom stereocenters. The third kappa shape index (κ3) is 2.45. The van der Waals surface area contributed by atoms with Gasteiger partial charge in [0.05, 0.1) is 17.7 Å². The average Bonchev–Trinajstić information content (AvgIpc) is 2.16. The van der Waals surface area contributed by atoms with E-state index < -0.39 is 0 Å². The van der Waals surface area contributed by atoms with E-state index in [9.17, 15) is 5.11 Å². The number of aliphatic hydroxyl groups is 1. The maximum Gasteiger partial charge on any atom is 0.133 e. The minimum Gasteiger partial charge on any atom is -0.496 e.